The van der Waals surface area contributed by atoms with Crippen LogP contribution in [0.3, 0.4) is 0 Å². The molecule has 2 heterocycles. The van der Waals surface area contributed by atoms with E-state index in [1.54, 1.807) is 19.9 Å². The van der Waals surface area contributed by atoms with E-state index in [0.29, 0.717) is 0 Å². The van der Waals surface area contributed by atoms with Crippen LogP contribution in [0, 0.1) is 13.8 Å². The van der Waals surface area contributed by atoms with Crippen molar-refractivity contribution in [1.29, 1.82) is 0 Å². The zero-order chi connectivity index (χ0) is 11.7. The molecule has 1 N–H and O–H groups in total. The fraction of sp³-hybridized carbons (Fsp3) is 0.200. The first-order valence-electron chi connectivity index (χ1n) is 4.71. The molecule has 16 heavy (non-hydrogen) atoms. The standard InChI is InChI=1S/C10H10N4O2/c1-6-5-7(2)12-10(11-6)14-9(16)4-3-8(15)13-14/h3-5H,1-2H3,(H,13,15). The minimum atomic E-state index is -0.373. The van der Waals surface area contributed by atoms with Gasteiger partial charge in [0.25, 0.3) is 17.1 Å². The lowest BCUT2D eigenvalue weighted by Crippen LogP contribution is -2.28. The van der Waals surface area contributed by atoms with E-state index in [4.69, 9.17) is 0 Å². The quantitative estimate of drug-likeness (QED) is 0.726. The van der Waals surface area contributed by atoms with Crippen LogP contribution in [0.4, 0.5) is 0 Å². The third kappa shape index (κ3) is 1.90. The van der Waals surface area contributed by atoms with Crippen molar-refractivity contribution in [2.75, 3.05) is 0 Å². The maximum absolute atomic E-state index is 11.5. The fourth-order valence-electron chi connectivity index (χ4n) is 1.38. The van der Waals surface area contributed by atoms with Crippen molar-refractivity contribution in [2.45, 2.75) is 13.8 Å². The van der Waals surface area contributed by atoms with Gasteiger partial charge in [0.05, 0.1) is 0 Å². The van der Waals surface area contributed by atoms with Crippen LogP contribution < -0.4 is 11.1 Å². The number of H-pyrrole nitrogens is 1. The summed E-state index contributed by atoms with van der Waals surface area (Å²) in [4.78, 5) is 30.8. The summed E-state index contributed by atoms with van der Waals surface area (Å²) in [5.74, 6) is 0.181. The van der Waals surface area contributed by atoms with Crippen molar-refractivity contribution in [3.63, 3.8) is 0 Å². The maximum Gasteiger partial charge on any atom is 0.272 e. The number of rotatable bonds is 1. The van der Waals surface area contributed by atoms with E-state index in [1.807, 2.05) is 0 Å². The molecule has 0 atom stereocenters. The van der Waals surface area contributed by atoms with Gasteiger partial charge < -0.3 is 0 Å². The molecule has 82 valence electrons. The number of hydrogen-bond acceptors (Lipinski definition) is 4. The highest BCUT2D eigenvalue weighted by Crippen LogP contribution is 2.00. The molecule has 2 aromatic heterocycles. The first kappa shape index (κ1) is 10.3. The molecule has 0 unspecified atom stereocenters. The second kappa shape index (κ2) is 3.73. The van der Waals surface area contributed by atoms with Crippen LogP contribution in [0.2, 0.25) is 0 Å². The molecular weight excluding hydrogens is 208 g/mol. The smallest absolute Gasteiger partial charge is 0.268 e. The van der Waals surface area contributed by atoms with E-state index in [-0.39, 0.29) is 17.1 Å². The monoisotopic (exact) mass is 218 g/mol. The minimum Gasteiger partial charge on any atom is -0.268 e. The molecule has 0 fully saturated rings. The molecule has 0 saturated heterocycles. The van der Waals surface area contributed by atoms with Gasteiger partial charge in [0.15, 0.2) is 0 Å². The zero-order valence-corrected chi connectivity index (χ0v) is 8.89. The summed E-state index contributed by atoms with van der Waals surface area (Å²) in [6, 6.07) is 4.14. The molecule has 0 aromatic carbocycles. The van der Waals surface area contributed by atoms with Crippen molar-refractivity contribution in [1.82, 2.24) is 19.7 Å². The van der Waals surface area contributed by atoms with Crippen LogP contribution in [0.15, 0.2) is 27.8 Å². The number of aromatic nitrogens is 4. The molecule has 0 bridgehead atoms. The fourth-order valence-corrected chi connectivity index (χ4v) is 1.38. The van der Waals surface area contributed by atoms with Crippen molar-refractivity contribution >= 4 is 0 Å². The largest absolute Gasteiger partial charge is 0.272 e. The van der Waals surface area contributed by atoms with Gasteiger partial charge in [0, 0.05) is 23.5 Å². The molecule has 6 nitrogen and oxygen atoms in total. The van der Waals surface area contributed by atoms with Gasteiger partial charge in [-0.05, 0) is 19.9 Å². The van der Waals surface area contributed by atoms with Crippen LogP contribution in [-0.4, -0.2) is 19.7 Å². The van der Waals surface area contributed by atoms with Gasteiger partial charge in [0.2, 0.25) is 0 Å². The van der Waals surface area contributed by atoms with Gasteiger partial charge in [-0.15, -0.1) is 0 Å². The van der Waals surface area contributed by atoms with Crippen LogP contribution >= 0.6 is 0 Å². The van der Waals surface area contributed by atoms with Gasteiger partial charge in [0.1, 0.15) is 0 Å². The lowest BCUT2D eigenvalue weighted by Gasteiger charge is -2.04. The second-order valence-corrected chi connectivity index (χ2v) is 3.43. The van der Waals surface area contributed by atoms with Gasteiger partial charge in [-0.3, -0.25) is 14.7 Å². The van der Waals surface area contributed by atoms with Crippen LogP contribution in [-0.2, 0) is 0 Å². The van der Waals surface area contributed by atoms with Crippen LogP contribution in [0.1, 0.15) is 11.4 Å². The van der Waals surface area contributed by atoms with E-state index in [9.17, 15) is 9.59 Å². The first-order valence-corrected chi connectivity index (χ1v) is 4.71. The van der Waals surface area contributed by atoms with E-state index in [2.05, 4.69) is 15.1 Å². The first-order chi connectivity index (χ1) is 7.56. The van der Waals surface area contributed by atoms with Gasteiger partial charge in [-0.1, -0.05) is 0 Å². The van der Waals surface area contributed by atoms with Gasteiger partial charge in [-0.25, -0.2) is 9.97 Å². The Morgan fingerprint density at radius 1 is 1.12 bits per heavy atom. The van der Waals surface area contributed by atoms with E-state index in [1.165, 1.54) is 12.1 Å². The Hall–Kier alpha value is -2.24. The van der Waals surface area contributed by atoms with Crippen LogP contribution in [0.25, 0.3) is 5.95 Å². The summed E-state index contributed by atoms with van der Waals surface area (Å²) in [6.07, 6.45) is 0. The van der Waals surface area contributed by atoms with E-state index in [0.717, 1.165) is 16.1 Å². The molecule has 0 aliphatic rings. The maximum atomic E-state index is 11.5. The number of aromatic amines is 1. The Kier molecular flexibility index (Phi) is 2.40. The van der Waals surface area contributed by atoms with Crippen LogP contribution in [0.5, 0.6) is 0 Å². The Morgan fingerprint density at radius 3 is 2.38 bits per heavy atom. The molecular formula is C10H10N4O2. The van der Waals surface area contributed by atoms with E-state index < -0.39 is 0 Å². The number of aryl methyl sites for hydroxylation is 2. The molecule has 0 aliphatic heterocycles. The highest BCUT2D eigenvalue weighted by molar-refractivity contribution is 5.16. The predicted molar refractivity (Wildman–Crippen MR) is 57.7 cm³/mol. The summed E-state index contributed by atoms with van der Waals surface area (Å²) in [5.41, 5.74) is 0.727. The number of hydrogen-bond donors (Lipinski definition) is 1. The average Bonchev–Trinajstić information content (AvgIpc) is 2.20. The predicted octanol–water partition coefficient (Wildman–Crippen LogP) is -0.0674. The molecule has 0 aliphatic carbocycles. The molecule has 0 saturated carbocycles. The molecule has 2 rings (SSSR count). The van der Waals surface area contributed by atoms with E-state index >= 15 is 0 Å². The summed E-state index contributed by atoms with van der Waals surface area (Å²) < 4.78 is 1.03. The Balaban J connectivity index is 2.71. The van der Waals surface area contributed by atoms with Crippen molar-refractivity contribution in [2.24, 2.45) is 0 Å². The lowest BCUT2D eigenvalue weighted by atomic mass is 10.4. The molecule has 6 heteroatoms. The Morgan fingerprint density at radius 2 is 1.75 bits per heavy atom. The highest BCUT2D eigenvalue weighted by Gasteiger charge is 2.04. The minimum absolute atomic E-state index is 0.181. The molecule has 0 spiro atoms. The number of nitrogens with one attached hydrogen (secondary N) is 1. The highest BCUT2D eigenvalue weighted by atomic mass is 16.2. The third-order valence-corrected chi connectivity index (χ3v) is 1.99. The SMILES string of the molecule is Cc1cc(C)nc(-n2[nH]c(=O)ccc2=O)n1. The summed E-state index contributed by atoms with van der Waals surface area (Å²) >= 11 is 0. The van der Waals surface area contributed by atoms with Crippen molar-refractivity contribution in [3.8, 4) is 5.95 Å². The number of nitrogens with zero attached hydrogens (tertiary/aromatic N) is 3. The normalized spacial score (nSPS) is 10.4. The second-order valence-electron chi connectivity index (χ2n) is 3.43. The van der Waals surface area contributed by atoms with Gasteiger partial charge >= 0.3 is 0 Å². The topological polar surface area (TPSA) is 80.6 Å². The molecule has 2 aromatic rings. The van der Waals surface area contributed by atoms with Crippen molar-refractivity contribution in [3.05, 3.63) is 50.3 Å². The van der Waals surface area contributed by atoms with Crippen molar-refractivity contribution < 1.29 is 0 Å². The Bertz CT molecular complexity index is 622. The summed E-state index contributed by atoms with van der Waals surface area (Å²) in [7, 11) is 0. The Labute approximate surface area is 90.6 Å². The summed E-state index contributed by atoms with van der Waals surface area (Å²) in [6.45, 7) is 3.59. The zero-order valence-electron chi connectivity index (χ0n) is 8.89. The third-order valence-electron chi connectivity index (χ3n) is 1.99. The summed E-state index contributed by atoms with van der Waals surface area (Å²) in [5, 5.41) is 2.37. The van der Waals surface area contributed by atoms with Gasteiger partial charge in [-0.2, -0.15) is 4.68 Å². The molecule has 0 amide bonds. The molecule has 0 radical (unpaired) electrons. The average molecular weight is 218 g/mol. The lowest BCUT2D eigenvalue weighted by molar-refractivity contribution is 0.727.